The van der Waals surface area contributed by atoms with Gasteiger partial charge in [0.2, 0.25) is 0 Å². The summed E-state index contributed by atoms with van der Waals surface area (Å²) in [4.78, 5) is 11.6. The molecule has 0 fully saturated rings. The lowest BCUT2D eigenvalue weighted by Gasteiger charge is -2.04. The fourth-order valence-corrected chi connectivity index (χ4v) is 2.07. The average molecular weight is 242 g/mol. The molecule has 1 aromatic carbocycles. The second kappa shape index (κ2) is 5.89. The lowest BCUT2D eigenvalue weighted by molar-refractivity contribution is 0.0989. The Labute approximate surface area is 97.3 Å². The van der Waals surface area contributed by atoms with E-state index in [1.54, 1.807) is 0 Å². The van der Waals surface area contributed by atoms with Gasteiger partial charge < -0.3 is 0 Å². The fraction of sp³-hybridized carbons (Fsp3) is 0.417. The number of hydrogen-bond acceptors (Lipinski definition) is 2. The number of halogens is 1. The molecule has 2 nitrogen and oxygen atoms in total. The van der Waals surface area contributed by atoms with Gasteiger partial charge >= 0.3 is 0 Å². The molecule has 0 aromatic heterocycles. The minimum absolute atomic E-state index is 0.0704. The van der Waals surface area contributed by atoms with Crippen LogP contribution in [0.5, 0.6) is 0 Å². The van der Waals surface area contributed by atoms with E-state index in [-0.39, 0.29) is 23.3 Å². The number of benzene rings is 1. The van der Waals surface area contributed by atoms with E-state index in [1.807, 2.05) is 13.8 Å². The van der Waals surface area contributed by atoms with Crippen molar-refractivity contribution in [3.8, 4) is 0 Å². The van der Waals surface area contributed by atoms with Crippen LogP contribution in [0.2, 0.25) is 0 Å². The third-order valence-corrected chi connectivity index (χ3v) is 3.88. The molecule has 0 heterocycles. The molecule has 0 saturated carbocycles. The Morgan fingerprint density at radius 2 is 1.88 bits per heavy atom. The summed E-state index contributed by atoms with van der Waals surface area (Å²) in [5.74, 6) is -0.0789. The molecule has 1 unspecified atom stereocenters. The van der Waals surface area contributed by atoms with Crippen LogP contribution in [0.1, 0.15) is 30.6 Å². The molecule has 0 amide bonds. The highest BCUT2D eigenvalue weighted by molar-refractivity contribution is 7.85. The van der Waals surface area contributed by atoms with Gasteiger partial charge in [-0.15, -0.1) is 0 Å². The standard InChI is InChI=1S/C12H15FO2S/c1-9(2)16(15)8-7-12(14)10-3-5-11(13)6-4-10/h3-6,9H,7-8H2,1-2H3. The quantitative estimate of drug-likeness (QED) is 0.744. The summed E-state index contributed by atoms with van der Waals surface area (Å²) >= 11 is 0. The van der Waals surface area contributed by atoms with Gasteiger partial charge in [0.15, 0.2) is 5.78 Å². The Bertz CT molecular complexity index is 385. The molecular weight excluding hydrogens is 227 g/mol. The van der Waals surface area contributed by atoms with Crippen molar-refractivity contribution in [3.05, 3.63) is 35.6 Å². The number of Topliss-reactive ketones (excluding diaryl/α,β-unsaturated/α-hetero) is 1. The van der Waals surface area contributed by atoms with E-state index in [4.69, 9.17) is 0 Å². The zero-order valence-corrected chi connectivity index (χ0v) is 10.2. The number of rotatable bonds is 5. The van der Waals surface area contributed by atoms with Crippen LogP contribution in [0.3, 0.4) is 0 Å². The first-order valence-corrected chi connectivity index (χ1v) is 6.55. The molecule has 0 saturated heterocycles. The van der Waals surface area contributed by atoms with Gasteiger partial charge in [0, 0.05) is 33.8 Å². The van der Waals surface area contributed by atoms with Gasteiger partial charge in [0.1, 0.15) is 5.82 Å². The molecule has 0 N–H and O–H groups in total. The van der Waals surface area contributed by atoms with Gasteiger partial charge in [-0.05, 0) is 24.3 Å². The summed E-state index contributed by atoms with van der Waals surface area (Å²) < 4.78 is 24.0. The van der Waals surface area contributed by atoms with Gasteiger partial charge in [-0.3, -0.25) is 9.00 Å². The van der Waals surface area contributed by atoms with Crippen molar-refractivity contribution in [2.45, 2.75) is 25.5 Å². The summed E-state index contributed by atoms with van der Waals surface area (Å²) in [7, 11) is -0.965. The molecule has 1 rings (SSSR count). The van der Waals surface area contributed by atoms with Crippen LogP contribution in [0.25, 0.3) is 0 Å². The summed E-state index contributed by atoms with van der Waals surface area (Å²) in [5, 5.41) is 0.0704. The van der Waals surface area contributed by atoms with Crippen molar-refractivity contribution >= 4 is 16.6 Å². The maximum absolute atomic E-state index is 12.6. The lowest BCUT2D eigenvalue weighted by Crippen LogP contribution is -2.13. The highest BCUT2D eigenvalue weighted by Gasteiger charge is 2.10. The first-order chi connectivity index (χ1) is 7.50. The summed E-state index contributed by atoms with van der Waals surface area (Å²) in [5.41, 5.74) is 0.474. The van der Waals surface area contributed by atoms with E-state index in [1.165, 1.54) is 24.3 Å². The van der Waals surface area contributed by atoms with Crippen molar-refractivity contribution in [3.63, 3.8) is 0 Å². The van der Waals surface area contributed by atoms with E-state index < -0.39 is 10.8 Å². The third-order valence-electron chi connectivity index (χ3n) is 2.22. The summed E-state index contributed by atoms with van der Waals surface area (Å²) in [6.45, 7) is 3.72. The SMILES string of the molecule is CC(C)S(=O)CCC(=O)c1ccc(F)cc1. The third kappa shape index (κ3) is 3.85. The minimum atomic E-state index is -0.965. The predicted octanol–water partition coefficient (Wildman–Crippen LogP) is 2.56. The molecule has 1 aromatic rings. The van der Waals surface area contributed by atoms with E-state index in [0.717, 1.165) is 0 Å². The van der Waals surface area contributed by atoms with E-state index >= 15 is 0 Å². The van der Waals surface area contributed by atoms with Gasteiger partial charge in [0.05, 0.1) is 0 Å². The Hall–Kier alpha value is -1.03. The van der Waals surface area contributed by atoms with Crippen LogP contribution in [0.4, 0.5) is 4.39 Å². The minimum Gasteiger partial charge on any atom is -0.294 e. The van der Waals surface area contributed by atoms with E-state index in [9.17, 15) is 13.4 Å². The predicted molar refractivity (Wildman–Crippen MR) is 63.5 cm³/mol. The monoisotopic (exact) mass is 242 g/mol. The number of carbonyl (C=O) groups is 1. The highest BCUT2D eigenvalue weighted by Crippen LogP contribution is 2.07. The molecule has 0 spiro atoms. The van der Waals surface area contributed by atoms with Gasteiger partial charge in [-0.25, -0.2) is 4.39 Å². The zero-order valence-electron chi connectivity index (χ0n) is 9.40. The first kappa shape index (κ1) is 13.0. The van der Waals surface area contributed by atoms with Crippen LogP contribution >= 0.6 is 0 Å². The van der Waals surface area contributed by atoms with Crippen molar-refractivity contribution < 1.29 is 13.4 Å². The second-order valence-corrected chi connectivity index (χ2v) is 5.93. The molecule has 4 heteroatoms. The van der Waals surface area contributed by atoms with Crippen LogP contribution in [0.15, 0.2) is 24.3 Å². The molecule has 1 atom stereocenters. The smallest absolute Gasteiger partial charge is 0.163 e. The summed E-state index contributed by atoms with van der Waals surface area (Å²) in [6, 6.07) is 5.42. The lowest BCUT2D eigenvalue weighted by atomic mass is 10.1. The van der Waals surface area contributed by atoms with Crippen molar-refractivity contribution in [1.82, 2.24) is 0 Å². The molecule has 88 valence electrons. The molecular formula is C12H15FO2S. The van der Waals surface area contributed by atoms with Crippen molar-refractivity contribution in [2.75, 3.05) is 5.75 Å². The Morgan fingerprint density at radius 1 is 1.31 bits per heavy atom. The Balaban J connectivity index is 2.53. The van der Waals surface area contributed by atoms with Crippen LogP contribution in [0, 0.1) is 5.82 Å². The number of carbonyl (C=O) groups excluding carboxylic acids is 1. The van der Waals surface area contributed by atoms with Crippen LogP contribution in [-0.2, 0) is 10.8 Å². The van der Waals surface area contributed by atoms with Gasteiger partial charge in [0.25, 0.3) is 0 Å². The average Bonchev–Trinajstić information content (AvgIpc) is 2.26. The molecule has 0 aliphatic carbocycles. The molecule has 0 aliphatic rings. The number of ketones is 1. The van der Waals surface area contributed by atoms with E-state index in [0.29, 0.717) is 11.3 Å². The normalized spacial score (nSPS) is 12.8. The van der Waals surface area contributed by atoms with Crippen molar-refractivity contribution in [1.29, 1.82) is 0 Å². The largest absolute Gasteiger partial charge is 0.294 e. The molecule has 0 radical (unpaired) electrons. The van der Waals surface area contributed by atoms with Crippen LogP contribution < -0.4 is 0 Å². The molecule has 0 aliphatic heterocycles. The Morgan fingerprint density at radius 3 is 2.38 bits per heavy atom. The molecule has 16 heavy (non-hydrogen) atoms. The maximum atomic E-state index is 12.6. The van der Waals surface area contributed by atoms with E-state index in [2.05, 4.69) is 0 Å². The van der Waals surface area contributed by atoms with Gasteiger partial charge in [-0.2, -0.15) is 0 Å². The topological polar surface area (TPSA) is 34.1 Å². The summed E-state index contributed by atoms with van der Waals surface area (Å²) in [6.07, 6.45) is 0.246. The number of hydrogen-bond donors (Lipinski definition) is 0. The molecule has 0 bridgehead atoms. The second-order valence-electron chi connectivity index (χ2n) is 3.81. The fourth-order valence-electron chi connectivity index (χ4n) is 1.21. The maximum Gasteiger partial charge on any atom is 0.163 e. The Kier molecular flexibility index (Phi) is 4.80. The zero-order chi connectivity index (χ0) is 12.1. The van der Waals surface area contributed by atoms with Crippen molar-refractivity contribution in [2.24, 2.45) is 0 Å². The highest BCUT2D eigenvalue weighted by atomic mass is 32.2. The first-order valence-electron chi connectivity index (χ1n) is 5.16. The van der Waals surface area contributed by atoms with Gasteiger partial charge in [-0.1, -0.05) is 13.8 Å². The van der Waals surface area contributed by atoms with Crippen LogP contribution in [-0.4, -0.2) is 21.0 Å².